The van der Waals surface area contributed by atoms with Crippen LogP contribution in [0.5, 0.6) is 0 Å². The van der Waals surface area contributed by atoms with Crippen LogP contribution in [-0.4, -0.2) is 28.3 Å². The van der Waals surface area contributed by atoms with Crippen LogP contribution in [0.1, 0.15) is 24.2 Å². The van der Waals surface area contributed by atoms with E-state index >= 15 is 4.39 Å². The number of hydrogen-bond donors (Lipinski definition) is 1. The second-order valence-electron chi connectivity index (χ2n) is 8.37. The van der Waals surface area contributed by atoms with Gasteiger partial charge in [-0.15, -0.1) is 0 Å². The molecule has 0 amide bonds. The zero-order valence-electron chi connectivity index (χ0n) is 18.8. The predicted molar refractivity (Wildman–Crippen MR) is 130 cm³/mol. The SMILES string of the molecule is Cc1nc2cc(F)c(-c3cnc(P(C)(C)=O)nc3)cc2c(N[C@H](C)c2cccc(F)c2F)c1Cl. The Kier molecular flexibility index (Phi) is 6.40. The topological polar surface area (TPSA) is 67.8 Å². The van der Waals surface area contributed by atoms with Gasteiger partial charge in [-0.05, 0) is 39.3 Å². The summed E-state index contributed by atoms with van der Waals surface area (Å²) in [4.78, 5) is 12.6. The molecule has 34 heavy (non-hydrogen) atoms. The monoisotopic (exact) mass is 504 g/mol. The standard InChI is InChI=1S/C24H21ClF3N4OP/c1-12(15-6-5-7-18(26)22(15)28)32-23-17-8-16(14-10-29-24(30-11-14)34(3,4)33)19(27)9-20(17)31-13(2)21(23)25/h5-12H,1-4H3,(H,31,32)/t12-/m1/s1. The van der Waals surface area contributed by atoms with E-state index in [1.807, 2.05) is 0 Å². The maximum absolute atomic E-state index is 15.0. The minimum atomic E-state index is -2.66. The number of nitrogens with zero attached hydrogens (tertiary/aromatic N) is 3. The quantitative estimate of drug-likeness (QED) is 0.315. The Morgan fingerprint density at radius 1 is 1.06 bits per heavy atom. The smallest absolute Gasteiger partial charge is 0.188 e. The summed E-state index contributed by atoms with van der Waals surface area (Å²) >= 11 is 6.54. The van der Waals surface area contributed by atoms with E-state index in [9.17, 15) is 13.3 Å². The molecule has 0 aliphatic rings. The molecule has 0 bridgehead atoms. The minimum absolute atomic E-state index is 0.119. The molecule has 2 aromatic carbocycles. The van der Waals surface area contributed by atoms with Crippen molar-refractivity contribution in [2.24, 2.45) is 0 Å². The van der Waals surface area contributed by atoms with E-state index in [1.54, 1.807) is 33.2 Å². The van der Waals surface area contributed by atoms with Gasteiger partial charge in [-0.1, -0.05) is 23.7 Å². The molecular weight excluding hydrogens is 484 g/mol. The number of aromatic nitrogens is 3. The zero-order valence-corrected chi connectivity index (χ0v) is 20.5. The number of aryl methyl sites for hydroxylation is 1. The molecule has 4 rings (SSSR count). The molecule has 2 heterocycles. The van der Waals surface area contributed by atoms with E-state index in [4.69, 9.17) is 11.6 Å². The fraction of sp³-hybridized carbons (Fsp3) is 0.208. The molecule has 0 spiro atoms. The highest BCUT2D eigenvalue weighted by atomic mass is 35.5. The molecule has 0 fully saturated rings. The van der Waals surface area contributed by atoms with Crippen molar-refractivity contribution in [2.75, 3.05) is 18.6 Å². The van der Waals surface area contributed by atoms with Gasteiger partial charge in [0.2, 0.25) is 0 Å². The van der Waals surface area contributed by atoms with E-state index in [0.29, 0.717) is 27.8 Å². The number of halogens is 4. The number of anilines is 1. The van der Waals surface area contributed by atoms with Crippen LogP contribution in [0.15, 0.2) is 42.7 Å². The van der Waals surface area contributed by atoms with Gasteiger partial charge >= 0.3 is 0 Å². The van der Waals surface area contributed by atoms with E-state index < -0.39 is 30.6 Å². The summed E-state index contributed by atoms with van der Waals surface area (Å²) in [6.45, 7) is 6.44. The van der Waals surface area contributed by atoms with Crippen molar-refractivity contribution < 1.29 is 17.7 Å². The highest BCUT2D eigenvalue weighted by Crippen LogP contribution is 2.38. The molecule has 2 aromatic heterocycles. The summed E-state index contributed by atoms with van der Waals surface area (Å²) in [5.41, 5.74) is 2.08. The number of rotatable bonds is 5. The number of nitrogens with one attached hydrogen (secondary N) is 1. The Labute approximate surface area is 199 Å². The molecule has 10 heteroatoms. The van der Waals surface area contributed by atoms with Gasteiger partial charge in [-0.25, -0.2) is 23.1 Å². The van der Waals surface area contributed by atoms with Gasteiger partial charge in [-0.3, -0.25) is 4.98 Å². The lowest BCUT2D eigenvalue weighted by molar-refractivity contribution is 0.495. The summed E-state index contributed by atoms with van der Waals surface area (Å²) < 4.78 is 55.3. The molecule has 0 saturated heterocycles. The predicted octanol–water partition coefficient (Wildman–Crippen LogP) is 6.49. The fourth-order valence-corrected chi connectivity index (χ4v) is 4.50. The van der Waals surface area contributed by atoms with Crippen molar-refractivity contribution in [1.29, 1.82) is 0 Å². The van der Waals surface area contributed by atoms with Gasteiger partial charge in [0.05, 0.1) is 28.0 Å². The van der Waals surface area contributed by atoms with Crippen molar-refractivity contribution in [3.05, 3.63) is 76.5 Å². The zero-order chi connectivity index (χ0) is 24.8. The van der Waals surface area contributed by atoms with Crippen LogP contribution in [0.3, 0.4) is 0 Å². The first kappa shape index (κ1) is 24.2. The molecule has 0 radical (unpaired) electrons. The molecule has 1 N–H and O–H groups in total. The lowest BCUT2D eigenvalue weighted by Crippen LogP contribution is -2.12. The highest BCUT2D eigenvalue weighted by molar-refractivity contribution is 7.69. The van der Waals surface area contributed by atoms with Crippen molar-refractivity contribution in [3.8, 4) is 11.1 Å². The molecule has 0 unspecified atom stereocenters. The number of pyridine rings is 1. The lowest BCUT2D eigenvalue weighted by Gasteiger charge is -2.20. The maximum Gasteiger partial charge on any atom is 0.188 e. The second kappa shape index (κ2) is 9.01. The Hall–Kier alpha value is -2.96. The lowest BCUT2D eigenvalue weighted by atomic mass is 10.0. The first-order valence-electron chi connectivity index (χ1n) is 10.3. The third-order valence-corrected chi connectivity index (χ3v) is 7.08. The summed E-state index contributed by atoms with van der Waals surface area (Å²) in [5.74, 6) is -2.46. The van der Waals surface area contributed by atoms with Crippen molar-refractivity contribution in [2.45, 2.75) is 19.9 Å². The van der Waals surface area contributed by atoms with Gasteiger partial charge in [-0.2, -0.15) is 0 Å². The normalized spacial score (nSPS) is 12.7. The van der Waals surface area contributed by atoms with Crippen LogP contribution in [0.25, 0.3) is 22.0 Å². The van der Waals surface area contributed by atoms with Crippen molar-refractivity contribution in [1.82, 2.24) is 15.0 Å². The average molecular weight is 505 g/mol. The summed E-state index contributed by atoms with van der Waals surface area (Å²) in [6.07, 6.45) is 2.82. The van der Waals surface area contributed by atoms with Gasteiger partial charge in [0, 0.05) is 40.5 Å². The highest BCUT2D eigenvalue weighted by Gasteiger charge is 2.21. The molecule has 1 atom stereocenters. The molecule has 176 valence electrons. The summed E-state index contributed by atoms with van der Waals surface area (Å²) in [5, 5.41) is 3.90. The minimum Gasteiger partial charge on any atom is -0.377 e. The second-order valence-corrected chi connectivity index (χ2v) is 11.8. The fourth-order valence-electron chi connectivity index (χ4n) is 3.63. The molecule has 0 saturated carbocycles. The number of fused-ring (bicyclic) bond motifs is 1. The van der Waals surface area contributed by atoms with E-state index in [-0.39, 0.29) is 21.7 Å². The van der Waals surface area contributed by atoms with E-state index in [1.165, 1.54) is 30.6 Å². The van der Waals surface area contributed by atoms with Crippen LogP contribution >= 0.6 is 18.7 Å². The van der Waals surface area contributed by atoms with Crippen LogP contribution in [-0.2, 0) is 4.57 Å². The first-order chi connectivity index (χ1) is 16.0. The largest absolute Gasteiger partial charge is 0.377 e. The molecule has 0 aliphatic heterocycles. The van der Waals surface area contributed by atoms with Crippen LogP contribution in [0.4, 0.5) is 18.9 Å². The Bertz CT molecular complexity index is 1460. The van der Waals surface area contributed by atoms with Gasteiger partial charge in [0.15, 0.2) is 17.2 Å². The van der Waals surface area contributed by atoms with Crippen LogP contribution in [0.2, 0.25) is 5.02 Å². The van der Waals surface area contributed by atoms with Crippen LogP contribution in [0, 0.1) is 24.4 Å². The Balaban J connectivity index is 1.84. The number of hydrogen-bond acceptors (Lipinski definition) is 5. The third kappa shape index (κ3) is 4.52. The third-order valence-electron chi connectivity index (χ3n) is 5.42. The first-order valence-corrected chi connectivity index (χ1v) is 13.3. The molecule has 0 aliphatic carbocycles. The van der Waals surface area contributed by atoms with Crippen LogP contribution < -0.4 is 10.9 Å². The van der Waals surface area contributed by atoms with E-state index in [2.05, 4.69) is 20.3 Å². The van der Waals surface area contributed by atoms with Gasteiger partial charge < -0.3 is 9.88 Å². The summed E-state index contributed by atoms with van der Waals surface area (Å²) in [7, 11) is -2.66. The summed E-state index contributed by atoms with van der Waals surface area (Å²) in [6, 6.07) is 6.11. The Morgan fingerprint density at radius 3 is 2.38 bits per heavy atom. The average Bonchev–Trinajstić information content (AvgIpc) is 2.78. The molecule has 4 aromatic rings. The van der Waals surface area contributed by atoms with Crippen molar-refractivity contribution >= 4 is 40.9 Å². The van der Waals surface area contributed by atoms with Gasteiger partial charge in [0.25, 0.3) is 0 Å². The van der Waals surface area contributed by atoms with E-state index in [0.717, 1.165) is 6.07 Å². The number of benzene rings is 2. The maximum atomic E-state index is 15.0. The molecular formula is C24H21ClF3N4OP. The van der Waals surface area contributed by atoms with Crippen molar-refractivity contribution in [3.63, 3.8) is 0 Å². The molecule has 5 nitrogen and oxygen atoms in total. The Morgan fingerprint density at radius 2 is 1.74 bits per heavy atom. The van der Waals surface area contributed by atoms with Gasteiger partial charge in [0.1, 0.15) is 13.0 Å².